The van der Waals surface area contributed by atoms with Gasteiger partial charge in [-0.15, -0.1) is 0 Å². The van der Waals surface area contributed by atoms with Gasteiger partial charge in [-0.1, -0.05) is 0 Å². The molecular formula is C7H7F2N2+. The molecule has 0 spiro atoms. The van der Waals surface area contributed by atoms with E-state index in [0.717, 1.165) is 18.2 Å². The third-order valence-corrected chi connectivity index (χ3v) is 1.20. The van der Waals surface area contributed by atoms with E-state index in [1.54, 1.807) is 0 Å². The highest BCUT2D eigenvalue weighted by molar-refractivity contribution is 5.92. The molecule has 58 valence electrons. The lowest BCUT2D eigenvalue weighted by atomic mass is 10.2. The van der Waals surface area contributed by atoms with Crippen molar-refractivity contribution in [3.63, 3.8) is 0 Å². The Bertz CT molecular complexity index is 276. The van der Waals surface area contributed by atoms with Crippen LogP contribution in [0, 0.1) is 11.6 Å². The average Bonchev–Trinajstić information content (AvgIpc) is 1.85. The van der Waals surface area contributed by atoms with Crippen LogP contribution in [0.2, 0.25) is 0 Å². The maximum Gasteiger partial charge on any atom is 0.270 e. The van der Waals surface area contributed by atoms with E-state index < -0.39 is 11.6 Å². The van der Waals surface area contributed by atoms with E-state index in [1.165, 1.54) is 0 Å². The van der Waals surface area contributed by atoms with Crippen LogP contribution in [0.4, 0.5) is 8.78 Å². The second-order valence-electron chi connectivity index (χ2n) is 2.11. The predicted octanol–water partition coefficient (Wildman–Crippen LogP) is -0.571. The fraction of sp³-hybridized carbons (Fsp3) is 0. The molecule has 0 amide bonds. The molecule has 11 heavy (non-hydrogen) atoms. The number of benzene rings is 1. The summed E-state index contributed by atoms with van der Waals surface area (Å²) in [4.78, 5) is 0. The van der Waals surface area contributed by atoms with Gasteiger partial charge < -0.3 is 0 Å². The number of nitrogens with two attached hydrogens (primary N) is 2. The van der Waals surface area contributed by atoms with Crippen LogP contribution < -0.4 is 11.1 Å². The maximum absolute atomic E-state index is 12.4. The number of hydrogen-bond donors (Lipinski definition) is 2. The Hall–Kier alpha value is -1.45. The molecule has 0 aromatic heterocycles. The molecule has 0 bridgehead atoms. The first-order chi connectivity index (χ1) is 5.09. The van der Waals surface area contributed by atoms with Crippen LogP contribution in [-0.2, 0) is 0 Å². The van der Waals surface area contributed by atoms with Crippen LogP contribution in [0.3, 0.4) is 0 Å². The second-order valence-corrected chi connectivity index (χ2v) is 2.11. The molecule has 4 heteroatoms. The molecular weight excluding hydrogens is 150 g/mol. The topological polar surface area (TPSA) is 51.6 Å². The number of rotatable bonds is 1. The second kappa shape index (κ2) is 2.65. The number of amidine groups is 1. The summed E-state index contributed by atoms with van der Waals surface area (Å²) in [5, 5.41) is 5.11. The molecule has 0 unspecified atom stereocenters. The smallest absolute Gasteiger partial charge is 0.270 e. The van der Waals surface area contributed by atoms with Crippen molar-refractivity contribution in [2.24, 2.45) is 5.73 Å². The van der Waals surface area contributed by atoms with Gasteiger partial charge in [0.25, 0.3) is 5.84 Å². The highest BCUT2D eigenvalue weighted by Crippen LogP contribution is 2.05. The summed E-state index contributed by atoms with van der Waals surface area (Å²) in [7, 11) is 0. The van der Waals surface area contributed by atoms with Crippen molar-refractivity contribution in [2.75, 3.05) is 0 Å². The minimum atomic E-state index is -0.687. The van der Waals surface area contributed by atoms with Crippen molar-refractivity contribution in [3.8, 4) is 0 Å². The molecule has 0 saturated heterocycles. The van der Waals surface area contributed by atoms with Crippen molar-refractivity contribution >= 4 is 5.84 Å². The summed E-state index contributed by atoms with van der Waals surface area (Å²) in [5.74, 6) is -1.47. The molecule has 2 nitrogen and oxygen atoms in total. The van der Waals surface area contributed by atoms with E-state index in [4.69, 9.17) is 11.1 Å². The van der Waals surface area contributed by atoms with Gasteiger partial charge in [-0.2, -0.15) is 0 Å². The molecule has 1 rings (SSSR count). The number of halogens is 2. The van der Waals surface area contributed by atoms with E-state index in [2.05, 4.69) is 0 Å². The fourth-order valence-electron chi connectivity index (χ4n) is 0.720. The largest absolute Gasteiger partial charge is 0.287 e. The molecule has 0 heterocycles. The zero-order valence-electron chi connectivity index (χ0n) is 5.64. The van der Waals surface area contributed by atoms with Gasteiger partial charge in [0, 0.05) is 6.07 Å². The lowest BCUT2D eigenvalue weighted by Gasteiger charge is -1.93. The molecule has 0 aliphatic carbocycles. The maximum atomic E-state index is 12.4. The van der Waals surface area contributed by atoms with Gasteiger partial charge in [0.1, 0.15) is 11.6 Å². The van der Waals surface area contributed by atoms with Crippen molar-refractivity contribution in [1.82, 2.24) is 0 Å². The van der Waals surface area contributed by atoms with Crippen molar-refractivity contribution in [2.45, 2.75) is 0 Å². The van der Waals surface area contributed by atoms with Crippen LogP contribution in [0.25, 0.3) is 0 Å². The van der Waals surface area contributed by atoms with Crippen LogP contribution in [0.1, 0.15) is 5.56 Å². The van der Waals surface area contributed by atoms with Gasteiger partial charge in [-0.25, -0.2) is 8.78 Å². The van der Waals surface area contributed by atoms with Gasteiger partial charge in [0.05, 0.1) is 5.56 Å². The van der Waals surface area contributed by atoms with Crippen LogP contribution in [-0.4, -0.2) is 5.84 Å². The molecule has 4 N–H and O–H groups in total. The summed E-state index contributed by atoms with van der Waals surface area (Å²) in [5.41, 5.74) is 5.28. The van der Waals surface area contributed by atoms with Crippen LogP contribution >= 0.6 is 0 Å². The van der Waals surface area contributed by atoms with Crippen LogP contribution in [0.15, 0.2) is 18.2 Å². The zero-order valence-corrected chi connectivity index (χ0v) is 5.64. The molecule has 0 atom stereocenters. The minimum absolute atomic E-state index is 0.0941. The molecule has 1 aromatic carbocycles. The average molecular weight is 157 g/mol. The van der Waals surface area contributed by atoms with E-state index in [0.29, 0.717) is 0 Å². The quantitative estimate of drug-likeness (QED) is 0.416. The Labute approximate surface area is 62.2 Å². The first-order valence-electron chi connectivity index (χ1n) is 2.94. The van der Waals surface area contributed by atoms with Gasteiger partial charge >= 0.3 is 0 Å². The monoisotopic (exact) mass is 157 g/mol. The highest BCUT2D eigenvalue weighted by atomic mass is 19.1. The van der Waals surface area contributed by atoms with E-state index in [9.17, 15) is 8.78 Å². The Morgan fingerprint density at radius 3 is 2.00 bits per heavy atom. The Balaban J connectivity index is 3.19. The molecule has 0 aliphatic heterocycles. The Morgan fingerprint density at radius 2 is 1.64 bits per heavy atom. The fourth-order valence-corrected chi connectivity index (χ4v) is 0.720. The lowest BCUT2D eigenvalue weighted by Crippen LogP contribution is -2.46. The summed E-state index contributed by atoms with van der Waals surface area (Å²) in [6, 6.07) is 2.89. The summed E-state index contributed by atoms with van der Waals surface area (Å²) < 4.78 is 24.8. The third kappa shape index (κ3) is 1.73. The summed E-state index contributed by atoms with van der Waals surface area (Å²) >= 11 is 0. The molecule has 0 fully saturated rings. The normalized spacial score (nSPS) is 9.64. The third-order valence-electron chi connectivity index (χ3n) is 1.20. The summed E-state index contributed by atoms with van der Waals surface area (Å²) in [6.07, 6.45) is 0. The predicted molar refractivity (Wildman–Crippen MR) is 36.6 cm³/mol. The van der Waals surface area contributed by atoms with Gasteiger partial charge in [0.2, 0.25) is 0 Å². The molecule has 0 aliphatic rings. The Morgan fingerprint density at radius 1 is 1.18 bits per heavy atom. The highest BCUT2D eigenvalue weighted by Gasteiger charge is 2.05. The van der Waals surface area contributed by atoms with Crippen LogP contribution in [0.5, 0.6) is 0 Å². The number of hydrogen-bond acceptors (Lipinski definition) is 0. The van der Waals surface area contributed by atoms with Gasteiger partial charge in [-0.3, -0.25) is 11.1 Å². The van der Waals surface area contributed by atoms with Crippen molar-refractivity contribution in [1.29, 1.82) is 0 Å². The van der Waals surface area contributed by atoms with Gasteiger partial charge in [-0.05, 0) is 12.1 Å². The zero-order chi connectivity index (χ0) is 8.43. The van der Waals surface area contributed by atoms with E-state index in [1.807, 2.05) is 0 Å². The first-order valence-corrected chi connectivity index (χ1v) is 2.94. The minimum Gasteiger partial charge on any atom is -0.287 e. The molecule has 0 radical (unpaired) electrons. The molecule has 0 saturated carbocycles. The first kappa shape index (κ1) is 7.65. The molecule has 1 aromatic rings. The SMILES string of the molecule is NC(=[NH2+])c1cc(F)cc(F)c1. The van der Waals surface area contributed by atoms with Crippen molar-refractivity contribution in [3.05, 3.63) is 35.4 Å². The van der Waals surface area contributed by atoms with E-state index in [-0.39, 0.29) is 11.4 Å². The van der Waals surface area contributed by atoms with Crippen molar-refractivity contribution < 1.29 is 14.2 Å². The standard InChI is InChI=1S/C7H6F2N2/c8-5-1-4(7(10)11)2-6(9)3-5/h1-3H,(H3,10,11)/p+1. The van der Waals surface area contributed by atoms with E-state index >= 15 is 0 Å². The van der Waals surface area contributed by atoms with Gasteiger partial charge in [0.15, 0.2) is 0 Å². The summed E-state index contributed by atoms with van der Waals surface area (Å²) in [6.45, 7) is 0. The lowest BCUT2D eigenvalue weighted by molar-refractivity contribution is -0.114. The Kier molecular flexibility index (Phi) is 1.85.